The van der Waals surface area contributed by atoms with Crippen molar-refractivity contribution < 1.29 is 4.74 Å². The lowest BCUT2D eigenvalue weighted by Crippen LogP contribution is -2.69. The number of nitrogen functional groups attached to an aromatic ring is 1. The van der Waals surface area contributed by atoms with Crippen molar-refractivity contribution >= 4 is 23.4 Å². The molecule has 5 N–H and O–H groups in total. The molecule has 0 radical (unpaired) electrons. The molecule has 9 heteroatoms. The Labute approximate surface area is 229 Å². The average molecular weight is 525 g/mol. The highest BCUT2D eigenvalue weighted by Crippen LogP contribution is 2.30. The van der Waals surface area contributed by atoms with E-state index in [0.29, 0.717) is 34.6 Å². The number of hydrogen-bond donors (Lipinski definition) is 4. The van der Waals surface area contributed by atoms with Crippen LogP contribution in [0.1, 0.15) is 29.5 Å². The number of hydrogen-bond acceptors (Lipinski definition) is 9. The Morgan fingerprint density at radius 2 is 1.82 bits per heavy atom. The van der Waals surface area contributed by atoms with Crippen molar-refractivity contribution in [2.75, 3.05) is 50.3 Å². The molecule has 0 bridgehead atoms. The molecular formula is C30H36N8O. The van der Waals surface area contributed by atoms with E-state index in [0.717, 1.165) is 56.4 Å². The van der Waals surface area contributed by atoms with Crippen molar-refractivity contribution in [3.63, 3.8) is 0 Å². The van der Waals surface area contributed by atoms with Gasteiger partial charge in [0.15, 0.2) is 0 Å². The summed E-state index contributed by atoms with van der Waals surface area (Å²) < 4.78 is 6.04. The summed E-state index contributed by atoms with van der Waals surface area (Å²) in [4.78, 5) is 13.9. The Bertz CT molecular complexity index is 1330. The maximum atomic E-state index is 9.04. The maximum Gasteiger partial charge on any atom is 0.141 e. The molecule has 0 atom stereocenters. The fourth-order valence-electron chi connectivity index (χ4n) is 5.62. The third kappa shape index (κ3) is 5.38. The van der Waals surface area contributed by atoms with Gasteiger partial charge >= 0.3 is 0 Å². The molecule has 3 aliphatic rings. The number of nitrogens with two attached hydrogens (primary N) is 1. The van der Waals surface area contributed by atoms with E-state index in [1.54, 1.807) is 6.08 Å². The maximum absolute atomic E-state index is 9.04. The van der Waals surface area contributed by atoms with Gasteiger partial charge in [-0.15, -0.1) is 0 Å². The largest absolute Gasteiger partial charge is 0.457 e. The molecule has 3 aromatic rings. The van der Waals surface area contributed by atoms with Gasteiger partial charge in [-0.2, -0.15) is 0 Å². The number of rotatable bonds is 9. The zero-order valence-corrected chi connectivity index (χ0v) is 22.1. The van der Waals surface area contributed by atoms with E-state index >= 15 is 0 Å². The van der Waals surface area contributed by atoms with Gasteiger partial charge in [0.25, 0.3) is 0 Å². The normalized spacial score (nSPS) is 19.2. The molecule has 9 nitrogen and oxygen atoms in total. The number of para-hydroxylation sites is 1. The average Bonchev–Trinajstić information content (AvgIpc) is 2.90. The lowest BCUT2D eigenvalue weighted by atomic mass is 9.96. The number of piperidine rings is 1. The molecule has 4 heterocycles. The zero-order chi connectivity index (χ0) is 26.8. The molecule has 3 saturated heterocycles. The Kier molecular flexibility index (Phi) is 7.28. The second-order valence-corrected chi connectivity index (χ2v) is 10.6. The second-order valence-electron chi connectivity index (χ2n) is 10.6. The minimum atomic E-state index is 0.266. The Morgan fingerprint density at radius 1 is 1.05 bits per heavy atom. The highest BCUT2D eigenvalue weighted by Gasteiger charge is 2.39. The number of nitrogens with one attached hydrogen (secondary N) is 3. The second kappa shape index (κ2) is 11.1. The first-order valence-electron chi connectivity index (χ1n) is 13.7. The standard InChI is InChI=1S/C30H36N8O/c1-2-20-14-21(8-9-26(20)39-25-6-4-3-5-7-25)28(31)27-29(32)34-19-35-30(27)36-22-10-12-37(13-11-22)24-17-38(18-24)23-15-33-16-23/h2-9,14,19,22-24,31,33H,1,10-13,15-18H2,(H3,32,34,35,36). The van der Waals surface area contributed by atoms with Gasteiger partial charge in [-0.1, -0.05) is 30.9 Å². The summed E-state index contributed by atoms with van der Waals surface area (Å²) in [6.07, 6.45) is 5.26. The topological polar surface area (TPSA) is 115 Å². The van der Waals surface area contributed by atoms with Crippen LogP contribution in [0.15, 0.2) is 61.4 Å². The summed E-state index contributed by atoms with van der Waals surface area (Å²) in [7, 11) is 0. The van der Waals surface area contributed by atoms with Gasteiger partial charge in [0.1, 0.15) is 29.5 Å². The molecule has 2 aromatic carbocycles. The summed E-state index contributed by atoms with van der Waals surface area (Å²) in [6.45, 7) is 10.7. The van der Waals surface area contributed by atoms with Crippen LogP contribution >= 0.6 is 0 Å². The van der Waals surface area contributed by atoms with E-state index in [1.165, 1.54) is 19.4 Å². The first-order chi connectivity index (χ1) is 19.1. The van der Waals surface area contributed by atoms with Crippen LogP contribution in [0.4, 0.5) is 11.6 Å². The molecule has 0 saturated carbocycles. The number of benzene rings is 2. The fraction of sp³-hybridized carbons (Fsp3) is 0.367. The third-order valence-electron chi connectivity index (χ3n) is 8.17. The monoisotopic (exact) mass is 524 g/mol. The number of anilines is 2. The smallest absolute Gasteiger partial charge is 0.141 e. The van der Waals surface area contributed by atoms with Crippen LogP contribution < -0.4 is 21.1 Å². The lowest BCUT2D eigenvalue weighted by molar-refractivity contribution is -0.0177. The highest BCUT2D eigenvalue weighted by molar-refractivity contribution is 6.16. The van der Waals surface area contributed by atoms with Crippen LogP contribution in [-0.4, -0.2) is 82.9 Å². The first kappa shape index (κ1) is 25.5. The van der Waals surface area contributed by atoms with Gasteiger partial charge < -0.3 is 21.1 Å². The molecule has 202 valence electrons. The van der Waals surface area contributed by atoms with E-state index in [9.17, 15) is 0 Å². The Hall–Kier alpha value is -3.79. The molecule has 3 aliphatic heterocycles. The lowest BCUT2D eigenvalue weighted by Gasteiger charge is -2.52. The molecule has 0 aliphatic carbocycles. The van der Waals surface area contributed by atoms with Crippen LogP contribution in [0.3, 0.4) is 0 Å². The van der Waals surface area contributed by atoms with Crippen molar-refractivity contribution in [1.29, 1.82) is 5.41 Å². The van der Waals surface area contributed by atoms with Crippen molar-refractivity contribution in [3.8, 4) is 11.5 Å². The molecule has 3 fully saturated rings. The molecule has 6 rings (SSSR count). The van der Waals surface area contributed by atoms with Gasteiger partial charge in [-0.3, -0.25) is 15.2 Å². The summed E-state index contributed by atoms with van der Waals surface area (Å²) in [5.41, 5.74) is 8.59. The molecule has 39 heavy (non-hydrogen) atoms. The predicted molar refractivity (Wildman–Crippen MR) is 156 cm³/mol. The van der Waals surface area contributed by atoms with Crippen LogP contribution in [0.5, 0.6) is 11.5 Å². The molecule has 0 unspecified atom stereocenters. The highest BCUT2D eigenvalue weighted by atomic mass is 16.5. The van der Waals surface area contributed by atoms with Crippen molar-refractivity contribution in [2.24, 2.45) is 0 Å². The first-order valence-corrected chi connectivity index (χ1v) is 13.7. The van der Waals surface area contributed by atoms with Crippen molar-refractivity contribution in [2.45, 2.75) is 31.0 Å². The Balaban J connectivity index is 1.12. The van der Waals surface area contributed by atoms with E-state index in [1.807, 2.05) is 48.5 Å². The van der Waals surface area contributed by atoms with Crippen LogP contribution in [0, 0.1) is 5.41 Å². The number of aromatic nitrogens is 2. The van der Waals surface area contributed by atoms with Crippen LogP contribution in [0.25, 0.3) is 6.08 Å². The van der Waals surface area contributed by atoms with Gasteiger partial charge in [-0.25, -0.2) is 9.97 Å². The minimum absolute atomic E-state index is 0.266. The van der Waals surface area contributed by atoms with E-state index in [-0.39, 0.29) is 11.8 Å². The number of ether oxygens (including phenoxy) is 1. The zero-order valence-electron chi connectivity index (χ0n) is 22.1. The minimum Gasteiger partial charge on any atom is -0.457 e. The van der Waals surface area contributed by atoms with Gasteiger partial charge in [0.05, 0.1) is 11.3 Å². The van der Waals surface area contributed by atoms with Crippen LogP contribution in [0.2, 0.25) is 0 Å². The van der Waals surface area contributed by atoms with E-state index < -0.39 is 0 Å². The SMILES string of the molecule is C=Cc1cc(C(=N)c2c(N)ncnc2NC2CCN(C3CN(C4CNC4)C3)CC2)ccc1Oc1ccccc1. The summed E-state index contributed by atoms with van der Waals surface area (Å²) in [5, 5.41) is 16.0. The molecule has 0 amide bonds. The predicted octanol–water partition coefficient (Wildman–Crippen LogP) is 3.44. The van der Waals surface area contributed by atoms with E-state index in [4.69, 9.17) is 15.9 Å². The van der Waals surface area contributed by atoms with Gasteiger partial charge in [0, 0.05) is 68.5 Å². The third-order valence-corrected chi connectivity index (χ3v) is 8.17. The van der Waals surface area contributed by atoms with Crippen molar-refractivity contribution in [1.82, 2.24) is 25.1 Å². The molecule has 1 aromatic heterocycles. The summed E-state index contributed by atoms with van der Waals surface area (Å²) in [5.74, 6) is 2.32. The molecular weight excluding hydrogens is 488 g/mol. The Morgan fingerprint density at radius 3 is 2.51 bits per heavy atom. The fourth-order valence-corrected chi connectivity index (χ4v) is 5.62. The summed E-state index contributed by atoms with van der Waals surface area (Å²) >= 11 is 0. The van der Waals surface area contributed by atoms with E-state index in [2.05, 4.69) is 37.0 Å². The molecule has 0 spiro atoms. The van der Waals surface area contributed by atoms with Crippen molar-refractivity contribution in [3.05, 3.63) is 78.1 Å². The summed E-state index contributed by atoms with van der Waals surface area (Å²) in [6, 6.07) is 16.9. The van der Waals surface area contributed by atoms with Gasteiger partial charge in [0.2, 0.25) is 0 Å². The quantitative estimate of drug-likeness (QED) is 0.315. The van der Waals surface area contributed by atoms with Gasteiger partial charge in [-0.05, 0) is 43.2 Å². The van der Waals surface area contributed by atoms with Crippen LogP contribution in [-0.2, 0) is 0 Å². The number of nitrogens with zero attached hydrogens (tertiary/aromatic N) is 4. The number of likely N-dealkylation sites (tertiary alicyclic amines) is 2.